The van der Waals surface area contributed by atoms with Crippen molar-refractivity contribution < 1.29 is 39.9 Å². The topological polar surface area (TPSA) is 84.6 Å². The Bertz CT molecular complexity index is 1250. The Kier molecular flexibility index (Phi) is 6.88. The smallest absolute Gasteiger partial charge is 0.376 e. The normalized spacial score (nSPS) is 19.8. The Morgan fingerprint density at radius 3 is 2.26 bits per heavy atom. The Balaban J connectivity index is 1.90. The van der Waals surface area contributed by atoms with Gasteiger partial charge in [0.1, 0.15) is 0 Å². The molecule has 2 aromatic carbocycles. The molecule has 13 heteroatoms. The van der Waals surface area contributed by atoms with Gasteiger partial charge in [-0.25, -0.2) is 8.42 Å². The zero-order chi connectivity index (χ0) is 26.4. The highest BCUT2D eigenvalue weighted by molar-refractivity contribution is 7.89. The number of hydrogen-bond donors (Lipinski definition) is 1. The lowest BCUT2D eigenvalue weighted by molar-refractivity contribution is -0.258. The Morgan fingerprint density at radius 2 is 1.71 bits per heavy atom. The van der Waals surface area contributed by atoms with Crippen molar-refractivity contribution in [2.45, 2.75) is 42.7 Å². The fraction of sp³-hybridized carbons (Fsp3) is 0.409. The van der Waals surface area contributed by atoms with Crippen molar-refractivity contribution in [3.05, 3.63) is 59.2 Å². The van der Waals surface area contributed by atoms with Gasteiger partial charge in [-0.3, -0.25) is 0 Å². The molecule has 2 aromatic rings. The van der Waals surface area contributed by atoms with Gasteiger partial charge in [-0.05, 0) is 49.7 Å². The van der Waals surface area contributed by atoms with Gasteiger partial charge in [-0.2, -0.15) is 35.9 Å². The molecule has 190 valence electrons. The predicted octanol–water partition coefficient (Wildman–Crippen LogP) is 4.25. The molecule has 35 heavy (non-hydrogen) atoms. The number of hydrogen-bond acceptors (Lipinski definition) is 5. The number of alkyl halides is 6. The van der Waals surface area contributed by atoms with Gasteiger partial charge in [0.2, 0.25) is 10.0 Å². The molecule has 1 aliphatic heterocycles. The molecular weight excluding hydrogens is 500 g/mol. The zero-order valence-corrected chi connectivity index (χ0v) is 19.3. The Morgan fingerprint density at radius 1 is 1.06 bits per heavy atom. The third-order valence-corrected chi connectivity index (χ3v) is 7.90. The molecule has 1 heterocycles. The quantitative estimate of drug-likeness (QED) is 0.609. The second-order valence-corrected chi connectivity index (χ2v) is 10.2. The number of nitriles is 1. The van der Waals surface area contributed by atoms with Gasteiger partial charge in [0.15, 0.2) is 5.60 Å². The molecule has 2 atom stereocenters. The molecule has 1 aliphatic rings. The lowest BCUT2D eigenvalue weighted by Crippen LogP contribution is -2.54. The average Bonchev–Trinajstić information content (AvgIpc) is 2.77. The van der Waals surface area contributed by atoms with Gasteiger partial charge >= 0.3 is 12.4 Å². The van der Waals surface area contributed by atoms with Crippen LogP contribution in [0.25, 0.3) is 0 Å². The SMILES string of the molecule is C[C@@H]1CN(c2ccc(C#N)cc2C(F)(F)F)CCN1S(=O)(=O)c1cccc(C(C)(O)C(F)(F)F)c1. The van der Waals surface area contributed by atoms with Gasteiger partial charge in [0.05, 0.1) is 22.1 Å². The van der Waals surface area contributed by atoms with E-state index < -0.39 is 50.0 Å². The van der Waals surface area contributed by atoms with Gasteiger partial charge in [-0.15, -0.1) is 0 Å². The number of piperazine rings is 1. The summed E-state index contributed by atoms with van der Waals surface area (Å²) in [4.78, 5) is 0.875. The van der Waals surface area contributed by atoms with E-state index >= 15 is 0 Å². The van der Waals surface area contributed by atoms with Crippen molar-refractivity contribution in [1.29, 1.82) is 5.26 Å². The molecule has 1 unspecified atom stereocenters. The van der Waals surface area contributed by atoms with E-state index in [0.717, 1.165) is 40.7 Å². The van der Waals surface area contributed by atoms with Gasteiger partial charge < -0.3 is 10.0 Å². The fourth-order valence-electron chi connectivity index (χ4n) is 3.88. The van der Waals surface area contributed by atoms with E-state index in [1.165, 1.54) is 17.9 Å². The molecule has 0 amide bonds. The molecule has 6 nitrogen and oxygen atoms in total. The van der Waals surface area contributed by atoms with Crippen molar-refractivity contribution >= 4 is 15.7 Å². The summed E-state index contributed by atoms with van der Waals surface area (Å²) in [6.07, 6.45) is -9.80. The highest BCUT2D eigenvalue weighted by Gasteiger charge is 2.51. The molecule has 1 fully saturated rings. The summed E-state index contributed by atoms with van der Waals surface area (Å²) >= 11 is 0. The molecule has 3 rings (SSSR count). The van der Waals surface area contributed by atoms with Crippen LogP contribution in [0.3, 0.4) is 0 Å². The molecule has 0 bridgehead atoms. The van der Waals surface area contributed by atoms with E-state index in [1.807, 2.05) is 0 Å². The maximum absolute atomic E-state index is 13.6. The van der Waals surface area contributed by atoms with Gasteiger partial charge in [0, 0.05) is 31.4 Å². The first-order chi connectivity index (χ1) is 16.0. The van der Waals surface area contributed by atoms with Crippen LogP contribution >= 0.6 is 0 Å². The van der Waals surface area contributed by atoms with Crippen molar-refractivity contribution in [3.8, 4) is 6.07 Å². The number of halogens is 6. The zero-order valence-electron chi connectivity index (χ0n) is 18.5. The number of rotatable bonds is 4. The third kappa shape index (κ3) is 5.10. The van der Waals surface area contributed by atoms with Crippen LogP contribution in [0, 0.1) is 11.3 Å². The number of anilines is 1. The maximum atomic E-state index is 13.6. The fourth-order valence-corrected chi connectivity index (χ4v) is 5.54. The molecule has 0 spiro atoms. The van der Waals surface area contributed by atoms with E-state index in [4.69, 9.17) is 5.26 Å². The lowest BCUT2D eigenvalue weighted by atomic mass is 9.96. The molecule has 1 saturated heterocycles. The second kappa shape index (κ2) is 9.00. The van der Waals surface area contributed by atoms with E-state index in [1.54, 1.807) is 6.07 Å². The summed E-state index contributed by atoms with van der Waals surface area (Å²) in [5.74, 6) is 0. The van der Waals surface area contributed by atoms with Crippen LogP contribution < -0.4 is 4.90 Å². The molecule has 0 radical (unpaired) electrons. The Hall–Kier alpha value is -2.82. The summed E-state index contributed by atoms with van der Waals surface area (Å²) in [5, 5.41) is 18.8. The average molecular weight is 521 g/mol. The van der Waals surface area contributed by atoms with Crippen LogP contribution in [0.4, 0.5) is 32.0 Å². The Labute approximate surface area is 198 Å². The van der Waals surface area contributed by atoms with Crippen LogP contribution in [-0.2, 0) is 21.8 Å². The summed E-state index contributed by atoms with van der Waals surface area (Å²) in [5.41, 5.74) is -5.35. The highest BCUT2D eigenvalue weighted by Crippen LogP contribution is 2.40. The van der Waals surface area contributed by atoms with Gasteiger partial charge in [-0.1, -0.05) is 12.1 Å². The molecule has 1 N–H and O–H groups in total. The van der Waals surface area contributed by atoms with Crippen LogP contribution in [0.5, 0.6) is 0 Å². The number of aliphatic hydroxyl groups is 1. The highest BCUT2D eigenvalue weighted by atomic mass is 32.2. The summed E-state index contributed by atoms with van der Waals surface area (Å²) in [6, 6.07) is 7.79. The first-order valence-electron chi connectivity index (χ1n) is 10.3. The first-order valence-corrected chi connectivity index (χ1v) is 11.7. The summed E-state index contributed by atoms with van der Waals surface area (Å²) in [7, 11) is -4.33. The van der Waals surface area contributed by atoms with E-state index in [0.29, 0.717) is 6.92 Å². The third-order valence-electron chi connectivity index (χ3n) is 5.89. The second-order valence-electron chi connectivity index (χ2n) is 8.35. The number of benzene rings is 2. The lowest BCUT2D eigenvalue weighted by Gasteiger charge is -2.41. The van der Waals surface area contributed by atoms with Crippen molar-refractivity contribution in [2.24, 2.45) is 0 Å². The first kappa shape index (κ1) is 26.8. The van der Waals surface area contributed by atoms with Crippen LogP contribution in [0.2, 0.25) is 0 Å². The van der Waals surface area contributed by atoms with Gasteiger partial charge in [0.25, 0.3) is 0 Å². The standard InChI is InChI=1S/C22H21F6N3O3S/c1-14-13-30(19-7-6-15(12-29)10-18(19)21(23,24)25)8-9-31(14)35(33,34)17-5-3-4-16(11-17)20(2,32)22(26,27)28/h3-7,10-11,14,32H,8-9,13H2,1-2H3/t14-,20?/m1/s1. The minimum atomic E-state index is -5.05. The van der Waals surface area contributed by atoms with Crippen LogP contribution in [-0.4, -0.2) is 49.7 Å². The molecular formula is C22H21F6N3O3S. The minimum Gasteiger partial charge on any atom is -0.376 e. The molecule has 0 aromatic heterocycles. The molecule has 0 aliphatic carbocycles. The molecule has 0 saturated carbocycles. The van der Waals surface area contributed by atoms with E-state index in [-0.39, 0.29) is 30.9 Å². The van der Waals surface area contributed by atoms with E-state index in [9.17, 15) is 39.9 Å². The van der Waals surface area contributed by atoms with E-state index in [2.05, 4.69) is 0 Å². The van der Waals surface area contributed by atoms with Crippen molar-refractivity contribution in [3.63, 3.8) is 0 Å². The van der Waals surface area contributed by atoms with Crippen molar-refractivity contribution in [2.75, 3.05) is 24.5 Å². The minimum absolute atomic E-state index is 0.126. The van der Waals surface area contributed by atoms with Crippen LogP contribution in [0.1, 0.15) is 30.5 Å². The maximum Gasteiger partial charge on any atom is 0.421 e. The predicted molar refractivity (Wildman–Crippen MR) is 114 cm³/mol. The summed E-state index contributed by atoms with van der Waals surface area (Å²) in [6.45, 7) is 1.49. The number of sulfonamides is 1. The van der Waals surface area contributed by atoms with Crippen LogP contribution in [0.15, 0.2) is 47.4 Å². The summed E-state index contributed by atoms with van der Waals surface area (Å²) < 4.78 is 108. The monoisotopic (exact) mass is 521 g/mol. The largest absolute Gasteiger partial charge is 0.421 e. The number of nitrogens with zero attached hydrogens (tertiary/aromatic N) is 3. The van der Waals surface area contributed by atoms with Crippen molar-refractivity contribution in [1.82, 2.24) is 4.31 Å².